The van der Waals surface area contributed by atoms with Gasteiger partial charge in [-0.3, -0.25) is 4.79 Å². The van der Waals surface area contributed by atoms with Gasteiger partial charge in [0.05, 0.1) is 5.92 Å². The monoisotopic (exact) mass is 266 g/mol. The normalized spacial score (nSPS) is 13.1. The van der Waals surface area contributed by atoms with Gasteiger partial charge < -0.3 is 11.1 Å². The maximum Gasteiger partial charge on any atom is 0.227 e. The summed E-state index contributed by atoms with van der Waals surface area (Å²) >= 11 is 0. The van der Waals surface area contributed by atoms with E-state index in [4.69, 9.17) is 5.73 Å². The summed E-state index contributed by atoms with van der Waals surface area (Å²) in [6.45, 7) is 6.36. The minimum absolute atomic E-state index is 0.0347. The number of hydrogen-bond acceptors (Lipinski definition) is 2. The van der Waals surface area contributed by atoms with E-state index in [0.717, 1.165) is 12.0 Å². The van der Waals surface area contributed by atoms with Crippen LogP contribution >= 0.6 is 0 Å². The second-order valence-electron chi connectivity index (χ2n) is 5.77. The second kappa shape index (κ2) is 6.66. The van der Waals surface area contributed by atoms with Crippen LogP contribution in [0.25, 0.3) is 0 Å². The number of carbonyl (C=O) groups excluding carboxylic acids is 1. The Kier molecular flexibility index (Phi) is 5.48. The minimum atomic E-state index is -0.294. The van der Waals surface area contributed by atoms with Gasteiger partial charge in [0.15, 0.2) is 0 Å². The van der Waals surface area contributed by atoms with Crippen molar-refractivity contribution in [1.82, 2.24) is 5.32 Å². The Bertz CT molecular complexity index is 409. The number of nitrogens with one attached hydrogen (secondary N) is 1. The van der Waals surface area contributed by atoms with Crippen LogP contribution in [0.15, 0.2) is 24.3 Å². The van der Waals surface area contributed by atoms with Crippen molar-refractivity contribution in [2.24, 2.45) is 5.73 Å². The van der Waals surface area contributed by atoms with Crippen molar-refractivity contribution in [3.63, 3.8) is 0 Å². The summed E-state index contributed by atoms with van der Waals surface area (Å²) < 4.78 is 13.0. The standard InChI is InChI=1S/C15H23FN2O/c1-15(2,3)18-14(19)13(5-4-10-17)11-6-8-12(16)9-7-11/h6-9,13H,4-5,10,17H2,1-3H3,(H,18,19). The highest BCUT2D eigenvalue weighted by molar-refractivity contribution is 5.84. The molecule has 106 valence electrons. The Morgan fingerprint density at radius 1 is 1.32 bits per heavy atom. The molecule has 1 aromatic rings. The first kappa shape index (κ1) is 15.6. The molecule has 1 atom stereocenters. The van der Waals surface area contributed by atoms with Crippen LogP contribution in [0.3, 0.4) is 0 Å². The molecule has 0 radical (unpaired) electrons. The third-order valence-corrected chi connectivity index (χ3v) is 2.78. The maximum atomic E-state index is 13.0. The van der Waals surface area contributed by atoms with E-state index in [1.54, 1.807) is 12.1 Å². The molecular formula is C15H23FN2O. The van der Waals surface area contributed by atoms with Gasteiger partial charge in [0.1, 0.15) is 5.82 Å². The van der Waals surface area contributed by atoms with Gasteiger partial charge in [-0.15, -0.1) is 0 Å². The SMILES string of the molecule is CC(C)(C)NC(=O)C(CCCN)c1ccc(F)cc1. The topological polar surface area (TPSA) is 55.1 Å². The number of hydrogen-bond donors (Lipinski definition) is 2. The van der Waals surface area contributed by atoms with Gasteiger partial charge in [-0.25, -0.2) is 4.39 Å². The van der Waals surface area contributed by atoms with Crippen LogP contribution in [-0.4, -0.2) is 18.0 Å². The van der Waals surface area contributed by atoms with Crippen molar-refractivity contribution in [3.05, 3.63) is 35.6 Å². The molecule has 3 nitrogen and oxygen atoms in total. The van der Waals surface area contributed by atoms with Crippen molar-refractivity contribution in [1.29, 1.82) is 0 Å². The number of amides is 1. The lowest BCUT2D eigenvalue weighted by Gasteiger charge is -2.25. The predicted octanol–water partition coefficient (Wildman–Crippen LogP) is 2.56. The second-order valence-corrected chi connectivity index (χ2v) is 5.77. The average Bonchev–Trinajstić information content (AvgIpc) is 2.29. The van der Waals surface area contributed by atoms with E-state index in [1.807, 2.05) is 20.8 Å². The fourth-order valence-electron chi connectivity index (χ4n) is 1.92. The molecule has 0 spiro atoms. The summed E-state index contributed by atoms with van der Waals surface area (Å²) in [5, 5.41) is 2.97. The summed E-state index contributed by atoms with van der Waals surface area (Å²) in [5.74, 6) is -0.603. The number of nitrogens with two attached hydrogens (primary N) is 1. The van der Waals surface area contributed by atoms with Gasteiger partial charge in [-0.1, -0.05) is 12.1 Å². The summed E-state index contributed by atoms with van der Waals surface area (Å²) in [4.78, 5) is 12.3. The lowest BCUT2D eigenvalue weighted by atomic mass is 9.92. The third-order valence-electron chi connectivity index (χ3n) is 2.78. The lowest BCUT2D eigenvalue weighted by molar-refractivity contribution is -0.124. The summed E-state index contributed by atoms with van der Waals surface area (Å²) in [6, 6.07) is 6.10. The van der Waals surface area contributed by atoms with Crippen LogP contribution in [0.4, 0.5) is 4.39 Å². The molecule has 0 bridgehead atoms. The molecule has 0 aromatic heterocycles. The number of halogens is 1. The van der Waals surface area contributed by atoms with Gasteiger partial charge in [0, 0.05) is 5.54 Å². The molecule has 0 saturated heterocycles. The van der Waals surface area contributed by atoms with E-state index in [9.17, 15) is 9.18 Å². The quantitative estimate of drug-likeness (QED) is 0.860. The van der Waals surface area contributed by atoms with Crippen LogP contribution in [0.1, 0.15) is 45.1 Å². The van der Waals surface area contributed by atoms with E-state index in [2.05, 4.69) is 5.32 Å². The van der Waals surface area contributed by atoms with Crippen LogP contribution in [0, 0.1) is 5.82 Å². The zero-order valence-corrected chi connectivity index (χ0v) is 11.9. The van der Waals surface area contributed by atoms with Gasteiger partial charge in [0.25, 0.3) is 0 Å². The summed E-state index contributed by atoms with van der Waals surface area (Å²) in [7, 11) is 0. The lowest BCUT2D eigenvalue weighted by Crippen LogP contribution is -2.43. The van der Waals surface area contributed by atoms with Crippen LogP contribution in [0.5, 0.6) is 0 Å². The Morgan fingerprint density at radius 3 is 2.37 bits per heavy atom. The van der Waals surface area contributed by atoms with E-state index < -0.39 is 0 Å². The van der Waals surface area contributed by atoms with E-state index in [-0.39, 0.29) is 23.2 Å². The van der Waals surface area contributed by atoms with Crippen LogP contribution in [-0.2, 0) is 4.79 Å². The Morgan fingerprint density at radius 2 is 1.89 bits per heavy atom. The number of benzene rings is 1. The molecule has 0 heterocycles. The number of carbonyl (C=O) groups is 1. The van der Waals surface area contributed by atoms with E-state index in [1.165, 1.54) is 12.1 Å². The predicted molar refractivity (Wildman–Crippen MR) is 75.3 cm³/mol. The molecule has 0 saturated carbocycles. The van der Waals surface area contributed by atoms with Crippen molar-refractivity contribution in [2.75, 3.05) is 6.54 Å². The molecule has 1 aromatic carbocycles. The highest BCUT2D eigenvalue weighted by Crippen LogP contribution is 2.22. The third kappa shape index (κ3) is 5.39. The molecular weight excluding hydrogens is 243 g/mol. The molecule has 0 aliphatic heterocycles. The van der Waals surface area contributed by atoms with Crippen molar-refractivity contribution < 1.29 is 9.18 Å². The van der Waals surface area contributed by atoms with E-state index >= 15 is 0 Å². The molecule has 0 aliphatic carbocycles. The molecule has 0 fully saturated rings. The Labute approximate surface area is 114 Å². The Hall–Kier alpha value is -1.42. The van der Waals surface area contributed by atoms with Crippen molar-refractivity contribution >= 4 is 5.91 Å². The van der Waals surface area contributed by atoms with Gasteiger partial charge in [-0.05, 0) is 57.9 Å². The van der Waals surface area contributed by atoms with Crippen LogP contribution in [0.2, 0.25) is 0 Å². The molecule has 0 aliphatic rings. The highest BCUT2D eigenvalue weighted by atomic mass is 19.1. The fraction of sp³-hybridized carbons (Fsp3) is 0.533. The molecule has 19 heavy (non-hydrogen) atoms. The molecule has 3 N–H and O–H groups in total. The largest absolute Gasteiger partial charge is 0.351 e. The fourth-order valence-corrected chi connectivity index (χ4v) is 1.92. The van der Waals surface area contributed by atoms with Crippen molar-refractivity contribution in [3.8, 4) is 0 Å². The van der Waals surface area contributed by atoms with E-state index in [0.29, 0.717) is 13.0 Å². The molecule has 1 amide bonds. The molecule has 1 unspecified atom stereocenters. The maximum absolute atomic E-state index is 13.0. The smallest absolute Gasteiger partial charge is 0.227 e. The first-order valence-electron chi connectivity index (χ1n) is 6.61. The minimum Gasteiger partial charge on any atom is -0.351 e. The molecule has 4 heteroatoms. The zero-order chi connectivity index (χ0) is 14.5. The first-order valence-corrected chi connectivity index (χ1v) is 6.61. The van der Waals surface area contributed by atoms with Crippen molar-refractivity contribution in [2.45, 2.75) is 45.1 Å². The molecule has 1 rings (SSSR count). The summed E-state index contributed by atoms with van der Waals surface area (Å²) in [6.07, 6.45) is 1.43. The Balaban J connectivity index is 2.87. The average molecular weight is 266 g/mol. The highest BCUT2D eigenvalue weighted by Gasteiger charge is 2.23. The van der Waals surface area contributed by atoms with Gasteiger partial charge >= 0.3 is 0 Å². The van der Waals surface area contributed by atoms with Gasteiger partial charge in [0.2, 0.25) is 5.91 Å². The number of rotatable bonds is 5. The van der Waals surface area contributed by atoms with Gasteiger partial charge in [-0.2, -0.15) is 0 Å². The summed E-state index contributed by atoms with van der Waals surface area (Å²) in [5.41, 5.74) is 6.07. The van der Waals surface area contributed by atoms with Crippen LogP contribution < -0.4 is 11.1 Å². The first-order chi connectivity index (χ1) is 8.83. The zero-order valence-electron chi connectivity index (χ0n) is 11.9.